The lowest BCUT2D eigenvalue weighted by molar-refractivity contribution is 0.0205. The van der Waals surface area contributed by atoms with Crippen LogP contribution >= 0.6 is 0 Å². The van der Waals surface area contributed by atoms with Crippen LogP contribution < -0.4 is 10.6 Å². The summed E-state index contributed by atoms with van der Waals surface area (Å²) in [5.74, 6) is 0.803. The SMILES string of the molecule is CCc1ccccc1CNC(=NC)NCC(OC)C(C)(C)C. The fourth-order valence-electron chi connectivity index (χ4n) is 2.41. The molecule has 0 aliphatic carbocycles. The van der Waals surface area contributed by atoms with Crippen LogP contribution in [0.15, 0.2) is 29.3 Å². The van der Waals surface area contributed by atoms with Crippen molar-refractivity contribution >= 4 is 5.96 Å². The molecule has 1 unspecified atom stereocenters. The molecule has 4 nitrogen and oxygen atoms in total. The number of hydrogen-bond acceptors (Lipinski definition) is 2. The van der Waals surface area contributed by atoms with E-state index in [9.17, 15) is 0 Å². The van der Waals surface area contributed by atoms with Crippen molar-refractivity contribution in [1.82, 2.24) is 10.6 Å². The van der Waals surface area contributed by atoms with Gasteiger partial charge in [0.05, 0.1) is 6.10 Å². The third-order valence-electron chi connectivity index (χ3n) is 3.87. The van der Waals surface area contributed by atoms with E-state index in [0.29, 0.717) is 0 Å². The predicted octanol–water partition coefficient (Wildman–Crippen LogP) is 2.98. The predicted molar refractivity (Wildman–Crippen MR) is 94.3 cm³/mol. The Morgan fingerprint density at radius 3 is 2.32 bits per heavy atom. The molecule has 2 N–H and O–H groups in total. The summed E-state index contributed by atoms with van der Waals surface area (Å²) in [6.45, 7) is 10.2. The Kier molecular flexibility index (Phi) is 7.39. The van der Waals surface area contributed by atoms with Crippen LogP contribution in [0.2, 0.25) is 0 Å². The topological polar surface area (TPSA) is 45.7 Å². The summed E-state index contributed by atoms with van der Waals surface area (Å²) in [4.78, 5) is 4.29. The number of benzene rings is 1. The first-order valence-electron chi connectivity index (χ1n) is 7.96. The maximum Gasteiger partial charge on any atom is 0.191 e. The number of ether oxygens (including phenoxy) is 1. The van der Waals surface area contributed by atoms with Gasteiger partial charge in [-0.2, -0.15) is 0 Å². The first-order chi connectivity index (χ1) is 10.4. The van der Waals surface area contributed by atoms with Crippen LogP contribution in [-0.4, -0.2) is 32.8 Å². The molecule has 1 atom stereocenters. The molecule has 0 bridgehead atoms. The number of rotatable bonds is 6. The lowest BCUT2D eigenvalue weighted by atomic mass is 9.89. The molecule has 0 heterocycles. The molecule has 0 amide bonds. The second-order valence-electron chi connectivity index (χ2n) is 6.52. The van der Waals surface area contributed by atoms with E-state index >= 15 is 0 Å². The fourth-order valence-corrected chi connectivity index (χ4v) is 2.41. The summed E-state index contributed by atoms with van der Waals surface area (Å²) in [5.41, 5.74) is 2.78. The van der Waals surface area contributed by atoms with Crippen molar-refractivity contribution in [3.8, 4) is 0 Å². The summed E-state index contributed by atoms with van der Waals surface area (Å²) in [7, 11) is 3.55. The molecule has 22 heavy (non-hydrogen) atoms. The third kappa shape index (κ3) is 5.68. The van der Waals surface area contributed by atoms with Crippen LogP contribution in [0.5, 0.6) is 0 Å². The highest BCUT2D eigenvalue weighted by Crippen LogP contribution is 2.20. The van der Waals surface area contributed by atoms with E-state index in [1.54, 1.807) is 14.2 Å². The quantitative estimate of drug-likeness (QED) is 0.627. The highest BCUT2D eigenvalue weighted by atomic mass is 16.5. The van der Waals surface area contributed by atoms with Gasteiger partial charge < -0.3 is 15.4 Å². The van der Waals surface area contributed by atoms with E-state index in [1.165, 1.54) is 11.1 Å². The molecule has 0 fully saturated rings. The first-order valence-corrected chi connectivity index (χ1v) is 7.96. The zero-order valence-electron chi connectivity index (χ0n) is 14.9. The van der Waals surface area contributed by atoms with E-state index in [0.717, 1.165) is 25.5 Å². The Morgan fingerprint density at radius 2 is 1.82 bits per heavy atom. The highest BCUT2D eigenvalue weighted by Gasteiger charge is 2.24. The van der Waals surface area contributed by atoms with Crippen molar-refractivity contribution in [2.45, 2.75) is 46.8 Å². The normalized spacial score (nSPS) is 13.8. The van der Waals surface area contributed by atoms with E-state index in [1.807, 2.05) is 0 Å². The molecule has 0 spiro atoms. The van der Waals surface area contributed by atoms with Crippen molar-refractivity contribution in [2.75, 3.05) is 20.7 Å². The maximum atomic E-state index is 5.56. The van der Waals surface area contributed by atoms with Crippen LogP contribution in [-0.2, 0) is 17.7 Å². The van der Waals surface area contributed by atoms with Crippen LogP contribution in [0.4, 0.5) is 0 Å². The summed E-state index contributed by atoms with van der Waals surface area (Å²) < 4.78 is 5.56. The van der Waals surface area contributed by atoms with E-state index in [-0.39, 0.29) is 11.5 Å². The second kappa shape index (κ2) is 8.79. The van der Waals surface area contributed by atoms with Crippen molar-refractivity contribution in [1.29, 1.82) is 0 Å². The third-order valence-corrected chi connectivity index (χ3v) is 3.87. The second-order valence-corrected chi connectivity index (χ2v) is 6.52. The summed E-state index contributed by atoms with van der Waals surface area (Å²) in [5, 5.41) is 6.72. The van der Waals surface area contributed by atoms with Crippen LogP contribution in [0.25, 0.3) is 0 Å². The number of aryl methyl sites for hydroxylation is 1. The van der Waals surface area contributed by atoms with Crippen LogP contribution in [0.3, 0.4) is 0 Å². The lowest BCUT2D eigenvalue weighted by Crippen LogP contribution is -2.45. The van der Waals surface area contributed by atoms with Gasteiger partial charge in [0.25, 0.3) is 0 Å². The molecule has 0 aliphatic heterocycles. The minimum atomic E-state index is 0.0927. The number of aliphatic imine (C=N–C) groups is 1. The van der Waals surface area contributed by atoms with Crippen molar-refractivity contribution in [3.05, 3.63) is 35.4 Å². The van der Waals surface area contributed by atoms with Gasteiger partial charge in [0, 0.05) is 27.2 Å². The average Bonchev–Trinajstić information content (AvgIpc) is 2.49. The average molecular weight is 305 g/mol. The maximum absolute atomic E-state index is 5.56. The van der Waals surface area contributed by atoms with E-state index in [4.69, 9.17) is 4.74 Å². The van der Waals surface area contributed by atoms with E-state index in [2.05, 4.69) is 67.6 Å². The first kappa shape index (κ1) is 18.5. The van der Waals surface area contributed by atoms with Gasteiger partial charge in [-0.15, -0.1) is 0 Å². The van der Waals surface area contributed by atoms with Crippen molar-refractivity contribution in [2.24, 2.45) is 10.4 Å². The van der Waals surface area contributed by atoms with Gasteiger partial charge in [-0.05, 0) is 23.0 Å². The number of nitrogens with zero attached hydrogens (tertiary/aromatic N) is 1. The van der Waals surface area contributed by atoms with Gasteiger partial charge in [0.2, 0.25) is 0 Å². The molecule has 0 saturated heterocycles. The lowest BCUT2D eigenvalue weighted by Gasteiger charge is -2.30. The molecular weight excluding hydrogens is 274 g/mol. The molecule has 0 radical (unpaired) electrons. The standard InChI is InChI=1S/C18H31N3O/c1-7-14-10-8-9-11-15(14)12-20-17(19-5)21-13-16(22-6)18(2,3)4/h8-11,16H,7,12-13H2,1-6H3,(H2,19,20,21). The molecule has 0 aliphatic rings. The fraction of sp³-hybridized carbons (Fsp3) is 0.611. The summed E-state index contributed by atoms with van der Waals surface area (Å²) in [6, 6.07) is 8.49. The van der Waals surface area contributed by atoms with Gasteiger partial charge in [-0.25, -0.2) is 0 Å². The molecule has 0 aromatic heterocycles. The number of methoxy groups -OCH3 is 1. The summed E-state index contributed by atoms with van der Waals surface area (Å²) >= 11 is 0. The van der Waals surface area contributed by atoms with Gasteiger partial charge in [0.1, 0.15) is 0 Å². The molecular formula is C18H31N3O. The smallest absolute Gasteiger partial charge is 0.191 e. The van der Waals surface area contributed by atoms with E-state index < -0.39 is 0 Å². The van der Waals surface area contributed by atoms with Gasteiger partial charge in [-0.1, -0.05) is 52.0 Å². The minimum Gasteiger partial charge on any atom is -0.379 e. The molecule has 0 saturated carbocycles. The van der Waals surface area contributed by atoms with Crippen molar-refractivity contribution in [3.63, 3.8) is 0 Å². The molecule has 1 aromatic carbocycles. The molecule has 4 heteroatoms. The monoisotopic (exact) mass is 305 g/mol. The Bertz CT molecular complexity index is 477. The number of nitrogens with one attached hydrogen (secondary N) is 2. The number of guanidine groups is 1. The Labute approximate surface area is 135 Å². The highest BCUT2D eigenvalue weighted by molar-refractivity contribution is 5.79. The zero-order chi connectivity index (χ0) is 16.6. The molecule has 1 rings (SSSR count). The van der Waals surface area contributed by atoms with Crippen molar-refractivity contribution < 1.29 is 4.74 Å². The van der Waals surface area contributed by atoms with Gasteiger partial charge >= 0.3 is 0 Å². The number of hydrogen-bond donors (Lipinski definition) is 2. The molecule has 124 valence electrons. The van der Waals surface area contributed by atoms with Gasteiger partial charge in [0.15, 0.2) is 5.96 Å². The van der Waals surface area contributed by atoms with Crippen LogP contribution in [0, 0.1) is 5.41 Å². The minimum absolute atomic E-state index is 0.0927. The Balaban J connectivity index is 2.56. The zero-order valence-corrected chi connectivity index (χ0v) is 14.9. The van der Waals surface area contributed by atoms with Crippen LogP contribution in [0.1, 0.15) is 38.8 Å². The summed E-state index contributed by atoms with van der Waals surface area (Å²) in [6.07, 6.45) is 1.17. The Hall–Kier alpha value is -1.55. The van der Waals surface area contributed by atoms with Gasteiger partial charge in [-0.3, -0.25) is 4.99 Å². The Morgan fingerprint density at radius 1 is 1.18 bits per heavy atom. The largest absolute Gasteiger partial charge is 0.379 e. The molecule has 1 aromatic rings.